The second-order valence-electron chi connectivity index (χ2n) is 5.97. The van der Waals surface area contributed by atoms with Crippen LogP contribution in [0.3, 0.4) is 0 Å². The van der Waals surface area contributed by atoms with Crippen LogP contribution in [0.1, 0.15) is 5.56 Å². The summed E-state index contributed by atoms with van der Waals surface area (Å²) in [5.41, 5.74) is 2.39. The second kappa shape index (κ2) is 6.27. The van der Waals surface area contributed by atoms with Gasteiger partial charge in [0.25, 0.3) is 5.56 Å². The van der Waals surface area contributed by atoms with Crippen molar-refractivity contribution in [2.45, 2.75) is 0 Å². The normalized spacial score (nSPS) is 12.0. The SMILES string of the molecule is CN(C)C(=O)Oc1ccc(C=c2sc3nc4ccccc4n3c2=O)cc1. The van der Waals surface area contributed by atoms with Crippen molar-refractivity contribution in [3.8, 4) is 5.75 Å². The zero-order chi connectivity index (χ0) is 18.3. The summed E-state index contributed by atoms with van der Waals surface area (Å²) < 4.78 is 7.43. The number of hydrogen-bond acceptors (Lipinski definition) is 5. The number of aromatic nitrogens is 2. The first-order valence-corrected chi connectivity index (χ1v) is 8.75. The molecule has 4 aromatic rings. The van der Waals surface area contributed by atoms with Crippen LogP contribution >= 0.6 is 11.3 Å². The van der Waals surface area contributed by atoms with E-state index in [4.69, 9.17) is 4.74 Å². The maximum absolute atomic E-state index is 12.7. The van der Waals surface area contributed by atoms with E-state index in [0.29, 0.717) is 15.2 Å². The van der Waals surface area contributed by atoms with Crippen LogP contribution in [-0.2, 0) is 0 Å². The van der Waals surface area contributed by atoms with Crippen LogP contribution in [0.25, 0.3) is 22.1 Å². The van der Waals surface area contributed by atoms with Gasteiger partial charge < -0.3 is 9.64 Å². The number of para-hydroxylation sites is 2. The largest absolute Gasteiger partial charge is 0.414 e. The fraction of sp³-hybridized carbons (Fsp3) is 0.105. The zero-order valence-electron chi connectivity index (χ0n) is 14.2. The summed E-state index contributed by atoms with van der Waals surface area (Å²) in [4.78, 5) is 30.8. The molecule has 0 unspecified atom stereocenters. The molecule has 0 saturated carbocycles. The summed E-state index contributed by atoms with van der Waals surface area (Å²) in [5.74, 6) is 0.454. The van der Waals surface area contributed by atoms with Crippen molar-refractivity contribution in [2.75, 3.05) is 14.1 Å². The zero-order valence-corrected chi connectivity index (χ0v) is 15.0. The minimum Gasteiger partial charge on any atom is -0.410 e. The number of hydrogen-bond donors (Lipinski definition) is 0. The molecule has 4 rings (SSSR count). The number of fused-ring (bicyclic) bond motifs is 3. The fourth-order valence-electron chi connectivity index (χ4n) is 2.59. The molecule has 2 aromatic heterocycles. The van der Waals surface area contributed by atoms with Gasteiger partial charge in [-0.2, -0.15) is 0 Å². The van der Waals surface area contributed by atoms with Crippen LogP contribution in [-0.4, -0.2) is 34.5 Å². The Labute approximate surface area is 152 Å². The first-order chi connectivity index (χ1) is 12.5. The molecule has 0 bridgehead atoms. The molecule has 0 aliphatic heterocycles. The molecule has 1 amide bonds. The van der Waals surface area contributed by atoms with Crippen LogP contribution in [0.15, 0.2) is 53.3 Å². The lowest BCUT2D eigenvalue weighted by Gasteiger charge is -2.10. The number of rotatable bonds is 2. The Hall–Kier alpha value is -3.19. The highest BCUT2D eigenvalue weighted by Crippen LogP contribution is 2.16. The van der Waals surface area contributed by atoms with Crippen LogP contribution in [0.5, 0.6) is 5.75 Å². The number of imidazole rings is 1. The molecular weight excluding hydrogens is 350 g/mol. The molecule has 0 fully saturated rings. The summed E-state index contributed by atoms with van der Waals surface area (Å²) >= 11 is 1.35. The Morgan fingerprint density at radius 3 is 2.62 bits per heavy atom. The fourth-order valence-corrected chi connectivity index (χ4v) is 3.57. The average molecular weight is 365 g/mol. The Balaban J connectivity index is 1.71. The number of amides is 1. The standard InChI is InChI=1S/C19H15N3O3S/c1-21(2)19(24)25-13-9-7-12(8-10-13)11-16-17(23)22-15-6-4-3-5-14(15)20-18(22)26-16/h3-11H,1-2H3. The molecule has 0 aliphatic carbocycles. The molecule has 0 saturated heterocycles. The predicted octanol–water partition coefficient (Wildman–Crippen LogP) is 2.52. The highest BCUT2D eigenvalue weighted by atomic mass is 32.1. The van der Waals surface area contributed by atoms with Crippen LogP contribution in [0, 0.1) is 0 Å². The third-order valence-corrected chi connectivity index (χ3v) is 4.86. The van der Waals surface area contributed by atoms with Crippen molar-refractivity contribution >= 4 is 39.5 Å². The van der Waals surface area contributed by atoms with Gasteiger partial charge in [0, 0.05) is 14.1 Å². The Morgan fingerprint density at radius 1 is 1.15 bits per heavy atom. The van der Waals surface area contributed by atoms with Crippen molar-refractivity contribution < 1.29 is 9.53 Å². The summed E-state index contributed by atoms with van der Waals surface area (Å²) in [6.45, 7) is 0. The first kappa shape index (κ1) is 16.3. The van der Waals surface area contributed by atoms with Crippen molar-refractivity contribution in [3.63, 3.8) is 0 Å². The molecule has 130 valence electrons. The summed E-state index contributed by atoms with van der Waals surface area (Å²) in [5, 5.41) is 0. The summed E-state index contributed by atoms with van der Waals surface area (Å²) in [7, 11) is 3.24. The number of thiazole rings is 1. The average Bonchev–Trinajstić information content (AvgIpc) is 3.13. The molecule has 6 nitrogen and oxygen atoms in total. The topological polar surface area (TPSA) is 63.9 Å². The van der Waals surface area contributed by atoms with Crippen molar-refractivity contribution in [1.29, 1.82) is 0 Å². The van der Waals surface area contributed by atoms with E-state index in [9.17, 15) is 9.59 Å². The Bertz CT molecular complexity index is 1220. The molecule has 2 aromatic carbocycles. The van der Waals surface area contributed by atoms with Gasteiger partial charge in [0.05, 0.1) is 15.6 Å². The predicted molar refractivity (Wildman–Crippen MR) is 102 cm³/mol. The molecular formula is C19H15N3O3S. The van der Waals surface area contributed by atoms with E-state index in [1.54, 1.807) is 42.8 Å². The molecule has 0 radical (unpaired) electrons. The van der Waals surface area contributed by atoms with E-state index in [1.165, 1.54) is 16.2 Å². The monoisotopic (exact) mass is 365 g/mol. The van der Waals surface area contributed by atoms with E-state index in [2.05, 4.69) is 4.98 Å². The summed E-state index contributed by atoms with van der Waals surface area (Å²) in [6.07, 6.45) is 1.38. The molecule has 26 heavy (non-hydrogen) atoms. The number of ether oxygens (including phenoxy) is 1. The van der Waals surface area contributed by atoms with Gasteiger partial charge in [0.1, 0.15) is 5.75 Å². The van der Waals surface area contributed by atoms with Crippen LogP contribution in [0.4, 0.5) is 4.79 Å². The number of carbonyl (C=O) groups excluding carboxylic acids is 1. The van der Waals surface area contributed by atoms with E-state index in [1.807, 2.05) is 30.3 Å². The van der Waals surface area contributed by atoms with E-state index in [0.717, 1.165) is 16.6 Å². The Kier molecular flexibility index (Phi) is 3.93. The molecule has 0 N–H and O–H groups in total. The quantitative estimate of drug-likeness (QED) is 0.548. The molecule has 0 aliphatic rings. The van der Waals surface area contributed by atoms with Gasteiger partial charge in [-0.1, -0.05) is 35.6 Å². The van der Waals surface area contributed by atoms with Gasteiger partial charge in [-0.25, -0.2) is 14.2 Å². The van der Waals surface area contributed by atoms with Gasteiger partial charge in [-0.05, 0) is 35.9 Å². The highest BCUT2D eigenvalue weighted by molar-refractivity contribution is 7.15. The highest BCUT2D eigenvalue weighted by Gasteiger charge is 2.10. The maximum Gasteiger partial charge on any atom is 0.414 e. The van der Waals surface area contributed by atoms with Gasteiger partial charge in [0.15, 0.2) is 4.96 Å². The summed E-state index contributed by atoms with van der Waals surface area (Å²) in [6, 6.07) is 14.6. The molecule has 0 atom stereocenters. The smallest absolute Gasteiger partial charge is 0.410 e. The van der Waals surface area contributed by atoms with E-state index < -0.39 is 6.09 Å². The molecule has 0 spiro atoms. The van der Waals surface area contributed by atoms with Gasteiger partial charge >= 0.3 is 6.09 Å². The van der Waals surface area contributed by atoms with E-state index in [-0.39, 0.29) is 5.56 Å². The van der Waals surface area contributed by atoms with Gasteiger partial charge in [-0.15, -0.1) is 0 Å². The minimum atomic E-state index is -0.435. The Morgan fingerprint density at radius 2 is 1.88 bits per heavy atom. The maximum atomic E-state index is 12.7. The third-order valence-electron chi connectivity index (χ3n) is 3.89. The van der Waals surface area contributed by atoms with Crippen molar-refractivity contribution in [3.05, 3.63) is 69.0 Å². The molecule has 7 heteroatoms. The van der Waals surface area contributed by atoms with Crippen molar-refractivity contribution in [1.82, 2.24) is 14.3 Å². The minimum absolute atomic E-state index is 0.0817. The second-order valence-corrected chi connectivity index (χ2v) is 6.97. The lowest BCUT2D eigenvalue weighted by Crippen LogP contribution is -2.25. The lowest BCUT2D eigenvalue weighted by molar-refractivity contribution is 0.172. The van der Waals surface area contributed by atoms with E-state index >= 15 is 0 Å². The number of nitrogens with zero attached hydrogens (tertiary/aromatic N) is 3. The molecule has 2 heterocycles. The third kappa shape index (κ3) is 2.82. The van der Waals surface area contributed by atoms with Crippen LogP contribution < -0.4 is 14.8 Å². The van der Waals surface area contributed by atoms with Gasteiger partial charge in [-0.3, -0.25) is 4.79 Å². The number of carbonyl (C=O) groups is 1. The van der Waals surface area contributed by atoms with Crippen molar-refractivity contribution in [2.24, 2.45) is 0 Å². The lowest BCUT2D eigenvalue weighted by atomic mass is 10.2. The van der Waals surface area contributed by atoms with Gasteiger partial charge in [0.2, 0.25) is 0 Å². The van der Waals surface area contributed by atoms with Crippen LogP contribution in [0.2, 0.25) is 0 Å². The first-order valence-electron chi connectivity index (χ1n) is 7.94. The number of benzene rings is 2.